The summed E-state index contributed by atoms with van der Waals surface area (Å²) in [6, 6.07) is 17.7. The number of nitrogens with zero attached hydrogens (tertiary/aromatic N) is 2. The lowest BCUT2D eigenvalue weighted by Gasteiger charge is -2.17. The van der Waals surface area contributed by atoms with Crippen molar-refractivity contribution in [2.24, 2.45) is 7.05 Å². The molecule has 0 radical (unpaired) electrons. The molecular formula is C25H27N5O2S. The highest BCUT2D eigenvalue weighted by Crippen LogP contribution is 2.24. The van der Waals surface area contributed by atoms with E-state index in [2.05, 4.69) is 39.1 Å². The first-order chi connectivity index (χ1) is 16.0. The summed E-state index contributed by atoms with van der Waals surface area (Å²) in [5.41, 5.74) is 1.05. The molecule has 0 aliphatic carbocycles. The molecule has 4 rings (SSSR count). The fraction of sp³-hybridized carbons (Fsp3) is 0.240. The summed E-state index contributed by atoms with van der Waals surface area (Å²) in [4.78, 5) is 30.8. The number of imidazole rings is 1. The number of hydrogen-bond acceptors (Lipinski definition) is 5. The number of carbonyl (C=O) groups excluding carboxylic acids is 2. The molecule has 3 N–H and O–H groups in total. The van der Waals surface area contributed by atoms with E-state index in [1.165, 1.54) is 11.3 Å². The molecule has 2 heterocycles. The van der Waals surface area contributed by atoms with E-state index in [4.69, 9.17) is 0 Å². The maximum Gasteiger partial charge on any atom is 0.261 e. The monoisotopic (exact) mass is 461 g/mol. The molecule has 0 aliphatic heterocycles. The summed E-state index contributed by atoms with van der Waals surface area (Å²) in [6.07, 6.45) is 3.67. The van der Waals surface area contributed by atoms with Crippen LogP contribution in [0, 0.1) is 0 Å². The van der Waals surface area contributed by atoms with Crippen LogP contribution in [-0.2, 0) is 24.9 Å². The lowest BCUT2D eigenvalue weighted by atomic mass is 10.00. The van der Waals surface area contributed by atoms with Gasteiger partial charge in [-0.3, -0.25) is 9.59 Å². The van der Waals surface area contributed by atoms with Gasteiger partial charge >= 0.3 is 0 Å². The normalized spacial score (nSPS) is 11.9. The smallest absolute Gasteiger partial charge is 0.261 e. The molecule has 2 aromatic carbocycles. The van der Waals surface area contributed by atoms with Crippen molar-refractivity contribution in [2.45, 2.75) is 26.1 Å². The number of thiophene rings is 1. The van der Waals surface area contributed by atoms with Gasteiger partial charge in [-0.05, 0) is 35.4 Å². The largest absolute Gasteiger partial charge is 0.348 e. The molecule has 2 amide bonds. The molecule has 0 unspecified atom stereocenters. The summed E-state index contributed by atoms with van der Waals surface area (Å²) < 4.78 is 1.96. The molecular weight excluding hydrogens is 434 g/mol. The van der Waals surface area contributed by atoms with Crippen LogP contribution in [0.2, 0.25) is 0 Å². The number of benzene rings is 2. The van der Waals surface area contributed by atoms with Gasteiger partial charge in [-0.25, -0.2) is 4.98 Å². The van der Waals surface area contributed by atoms with E-state index >= 15 is 0 Å². The van der Waals surface area contributed by atoms with E-state index in [1.54, 1.807) is 12.3 Å². The number of nitrogens with one attached hydrogen (secondary N) is 3. The van der Waals surface area contributed by atoms with E-state index < -0.39 is 0 Å². The van der Waals surface area contributed by atoms with Gasteiger partial charge in [0.15, 0.2) is 0 Å². The molecule has 0 saturated heterocycles. The van der Waals surface area contributed by atoms with Crippen LogP contribution in [-0.4, -0.2) is 27.9 Å². The third kappa shape index (κ3) is 5.66. The first-order valence-electron chi connectivity index (χ1n) is 10.8. The Morgan fingerprint density at radius 2 is 1.88 bits per heavy atom. The molecule has 8 heteroatoms. The minimum absolute atomic E-state index is 0.0709. The number of carbonyl (C=O) groups is 2. The zero-order valence-corrected chi connectivity index (χ0v) is 19.5. The molecule has 33 heavy (non-hydrogen) atoms. The number of rotatable bonds is 9. The van der Waals surface area contributed by atoms with Gasteiger partial charge in [-0.15, -0.1) is 11.3 Å². The summed E-state index contributed by atoms with van der Waals surface area (Å²) in [7, 11) is 1.95. The molecule has 2 aromatic heterocycles. The Morgan fingerprint density at radius 3 is 2.70 bits per heavy atom. The molecule has 0 spiro atoms. The van der Waals surface area contributed by atoms with Crippen molar-refractivity contribution < 1.29 is 9.59 Å². The van der Waals surface area contributed by atoms with Crippen LogP contribution in [0.5, 0.6) is 0 Å². The highest BCUT2D eigenvalue weighted by Gasteiger charge is 2.14. The van der Waals surface area contributed by atoms with Crippen molar-refractivity contribution in [3.63, 3.8) is 0 Å². The summed E-state index contributed by atoms with van der Waals surface area (Å²) in [5, 5.41) is 11.3. The number of amides is 2. The molecule has 0 aliphatic rings. The van der Waals surface area contributed by atoms with Crippen molar-refractivity contribution >= 4 is 33.9 Å². The van der Waals surface area contributed by atoms with Gasteiger partial charge in [-0.2, -0.15) is 0 Å². The molecule has 4 aromatic rings. The summed E-state index contributed by atoms with van der Waals surface area (Å²) in [6.45, 7) is 3.18. The van der Waals surface area contributed by atoms with Gasteiger partial charge in [0.1, 0.15) is 5.82 Å². The Labute approximate surface area is 196 Å². The van der Waals surface area contributed by atoms with Crippen LogP contribution in [0.25, 0.3) is 10.8 Å². The van der Waals surface area contributed by atoms with Gasteiger partial charge < -0.3 is 20.5 Å². The quantitative estimate of drug-likeness (QED) is 0.356. The minimum atomic E-state index is -0.247. The van der Waals surface area contributed by atoms with Crippen molar-refractivity contribution in [1.29, 1.82) is 0 Å². The Kier molecular flexibility index (Phi) is 7.16. The van der Waals surface area contributed by atoms with E-state index in [9.17, 15) is 9.59 Å². The van der Waals surface area contributed by atoms with Gasteiger partial charge in [-0.1, -0.05) is 42.5 Å². The van der Waals surface area contributed by atoms with Crippen LogP contribution >= 0.6 is 11.3 Å². The second-order valence-electron chi connectivity index (χ2n) is 7.86. The second-order valence-corrected chi connectivity index (χ2v) is 9.03. The van der Waals surface area contributed by atoms with E-state index in [0.29, 0.717) is 18.0 Å². The lowest BCUT2D eigenvalue weighted by Crippen LogP contribution is -2.37. The van der Waals surface area contributed by atoms with Crippen LogP contribution in [0.3, 0.4) is 0 Å². The fourth-order valence-corrected chi connectivity index (χ4v) is 4.60. The van der Waals surface area contributed by atoms with Crippen LogP contribution in [0.15, 0.2) is 67.0 Å². The topological polar surface area (TPSA) is 88.1 Å². The predicted octanol–water partition coefficient (Wildman–Crippen LogP) is 3.53. The Morgan fingerprint density at radius 1 is 1.06 bits per heavy atom. The third-order valence-electron chi connectivity index (χ3n) is 5.47. The zero-order valence-electron chi connectivity index (χ0n) is 18.7. The SMILES string of the molecule is C[C@H](NC(=O)CNC(=O)c1ccc(CNCc2nccn2C)s1)c1cccc2ccccc12. The molecule has 0 bridgehead atoms. The van der Waals surface area contributed by atoms with Crippen molar-refractivity contribution in [3.8, 4) is 0 Å². The first-order valence-corrected chi connectivity index (χ1v) is 11.6. The van der Waals surface area contributed by atoms with Crippen LogP contribution in [0.1, 0.15) is 38.9 Å². The fourth-order valence-electron chi connectivity index (χ4n) is 3.71. The third-order valence-corrected chi connectivity index (χ3v) is 6.55. The van der Waals surface area contributed by atoms with Gasteiger partial charge in [0.05, 0.1) is 24.0 Å². The highest BCUT2D eigenvalue weighted by molar-refractivity contribution is 7.14. The van der Waals surface area contributed by atoms with E-state index in [0.717, 1.165) is 27.0 Å². The minimum Gasteiger partial charge on any atom is -0.348 e. The number of fused-ring (bicyclic) bond motifs is 1. The molecule has 170 valence electrons. The maximum absolute atomic E-state index is 12.5. The predicted molar refractivity (Wildman–Crippen MR) is 131 cm³/mol. The van der Waals surface area contributed by atoms with Crippen molar-refractivity contribution in [3.05, 3.63) is 88.1 Å². The van der Waals surface area contributed by atoms with E-state index in [-0.39, 0.29) is 24.4 Å². The summed E-state index contributed by atoms with van der Waals surface area (Å²) >= 11 is 1.41. The average molecular weight is 462 g/mol. The van der Waals surface area contributed by atoms with Crippen LogP contribution in [0.4, 0.5) is 0 Å². The zero-order chi connectivity index (χ0) is 23.2. The second kappa shape index (κ2) is 10.4. The van der Waals surface area contributed by atoms with Crippen LogP contribution < -0.4 is 16.0 Å². The van der Waals surface area contributed by atoms with Gasteiger partial charge in [0.2, 0.25) is 5.91 Å². The Hall–Kier alpha value is -3.49. The maximum atomic E-state index is 12.5. The molecule has 1 atom stereocenters. The Bertz CT molecular complexity index is 1260. The Balaban J connectivity index is 1.25. The number of aryl methyl sites for hydroxylation is 1. The number of hydrogen-bond donors (Lipinski definition) is 3. The highest BCUT2D eigenvalue weighted by atomic mass is 32.1. The van der Waals surface area contributed by atoms with E-state index in [1.807, 2.05) is 55.1 Å². The molecule has 7 nitrogen and oxygen atoms in total. The molecule has 0 fully saturated rings. The lowest BCUT2D eigenvalue weighted by molar-refractivity contribution is -0.120. The van der Waals surface area contributed by atoms with Crippen molar-refractivity contribution in [1.82, 2.24) is 25.5 Å². The van der Waals surface area contributed by atoms with Crippen molar-refractivity contribution in [2.75, 3.05) is 6.54 Å². The standard InChI is InChI=1S/C25H27N5O2S/c1-17(20-9-5-7-18-6-3-4-8-21(18)20)29-24(31)16-28-25(32)22-11-10-19(33-22)14-26-15-23-27-12-13-30(23)2/h3-13,17,26H,14-16H2,1-2H3,(H,28,32)(H,29,31)/t17-/m0/s1. The molecule has 0 saturated carbocycles. The number of aromatic nitrogens is 2. The first kappa shape index (κ1) is 22.7. The van der Waals surface area contributed by atoms with Gasteiger partial charge in [0, 0.05) is 30.9 Å². The average Bonchev–Trinajstić information content (AvgIpc) is 3.46. The van der Waals surface area contributed by atoms with Gasteiger partial charge in [0.25, 0.3) is 5.91 Å². The summed E-state index contributed by atoms with van der Waals surface area (Å²) in [5.74, 6) is 0.480.